The summed E-state index contributed by atoms with van der Waals surface area (Å²) in [5.74, 6) is 0.176. The Balaban J connectivity index is 2.54. The predicted octanol–water partition coefficient (Wildman–Crippen LogP) is 2.78. The molecule has 0 aliphatic rings. The van der Waals surface area contributed by atoms with Gasteiger partial charge in [0.05, 0.1) is 12.2 Å². The third kappa shape index (κ3) is 4.34. The minimum atomic E-state index is -1.03. The molecule has 4 heteroatoms. The van der Waals surface area contributed by atoms with Gasteiger partial charge in [0.2, 0.25) is 0 Å². The van der Waals surface area contributed by atoms with Gasteiger partial charge >= 0.3 is 5.97 Å². The second-order valence-electron chi connectivity index (χ2n) is 4.44. The van der Waals surface area contributed by atoms with Gasteiger partial charge in [-0.1, -0.05) is 13.8 Å². The summed E-state index contributed by atoms with van der Waals surface area (Å²) in [5, 5.41) is 8.90. The van der Waals surface area contributed by atoms with Gasteiger partial charge in [0.25, 0.3) is 0 Å². The fourth-order valence-electron chi connectivity index (χ4n) is 1.49. The summed E-state index contributed by atoms with van der Waals surface area (Å²) in [4.78, 5) is 10.9. The molecule has 1 aromatic rings. The van der Waals surface area contributed by atoms with Crippen LogP contribution in [0.4, 0.5) is 5.69 Å². The molecule has 0 aliphatic heterocycles. The molecule has 1 aromatic carbocycles. The van der Waals surface area contributed by atoms with E-state index in [-0.39, 0.29) is 11.3 Å². The topological polar surface area (TPSA) is 72.5 Å². The molecule has 0 spiro atoms. The van der Waals surface area contributed by atoms with Gasteiger partial charge in [0.15, 0.2) is 0 Å². The van der Waals surface area contributed by atoms with Crippen molar-refractivity contribution in [1.82, 2.24) is 0 Å². The monoisotopic (exact) mass is 237 g/mol. The number of rotatable bonds is 6. The van der Waals surface area contributed by atoms with Crippen LogP contribution in [-0.4, -0.2) is 17.7 Å². The molecular weight excluding hydrogens is 218 g/mol. The Kier molecular flexibility index (Phi) is 4.82. The van der Waals surface area contributed by atoms with Crippen LogP contribution in [0.2, 0.25) is 0 Å². The molecule has 17 heavy (non-hydrogen) atoms. The number of carbonyl (C=O) groups is 1. The van der Waals surface area contributed by atoms with Gasteiger partial charge in [0.1, 0.15) is 5.75 Å². The van der Waals surface area contributed by atoms with Gasteiger partial charge in [-0.15, -0.1) is 0 Å². The maximum Gasteiger partial charge on any atom is 0.337 e. The van der Waals surface area contributed by atoms with Crippen molar-refractivity contribution in [2.45, 2.75) is 26.7 Å². The molecule has 4 nitrogen and oxygen atoms in total. The van der Waals surface area contributed by atoms with Gasteiger partial charge in [-0.25, -0.2) is 4.79 Å². The zero-order chi connectivity index (χ0) is 12.8. The normalized spacial score (nSPS) is 10.5. The Morgan fingerprint density at radius 3 is 2.76 bits per heavy atom. The molecular formula is C13H19NO3. The molecule has 0 radical (unpaired) electrons. The molecule has 94 valence electrons. The van der Waals surface area contributed by atoms with Crippen molar-refractivity contribution in [3.63, 3.8) is 0 Å². The highest BCUT2D eigenvalue weighted by Gasteiger charge is 2.09. The third-order valence-corrected chi connectivity index (χ3v) is 2.45. The van der Waals surface area contributed by atoms with Crippen molar-refractivity contribution in [1.29, 1.82) is 0 Å². The summed E-state index contributed by atoms with van der Waals surface area (Å²) < 4.78 is 5.48. The first-order valence-corrected chi connectivity index (χ1v) is 5.76. The average molecular weight is 237 g/mol. The van der Waals surface area contributed by atoms with Crippen LogP contribution in [0.15, 0.2) is 18.2 Å². The molecule has 0 bridgehead atoms. The molecule has 0 saturated heterocycles. The summed E-state index contributed by atoms with van der Waals surface area (Å²) in [6, 6.07) is 4.71. The SMILES string of the molecule is CC(C)CCCOc1ccc(N)c(C(=O)O)c1. The Labute approximate surface area is 101 Å². The molecule has 1 rings (SSSR count). The molecule has 0 aromatic heterocycles. The first-order chi connectivity index (χ1) is 8.00. The zero-order valence-corrected chi connectivity index (χ0v) is 10.3. The fourth-order valence-corrected chi connectivity index (χ4v) is 1.49. The van der Waals surface area contributed by atoms with E-state index in [1.54, 1.807) is 12.1 Å². The summed E-state index contributed by atoms with van der Waals surface area (Å²) in [5.41, 5.74) is 5.89. The first kappa shape index (κ1) is 13.4. The van der Waals surface area contributed by atoms with Crippen molar-refractivity contribution >= 4 is 11.7 Å². The summed E-state index contributed by atoms with van der Waals surface area (Å²) in [6.07, 6.45) is 2.06. The van der Waals surface area contributed by atoms with Crippen LogP contribution in [0.25, 0.3) is 0 Å². The van der Waals surface area contributed by atoms with Crippen LogP contribution in [0.1, 0.15) is 37.0 Å². The van der Waals surface area contributed by atoms with Crippen molar-refractivity contribution in [3.05, 3.63) is 23.8 Å². The van der Waals surface area contributed by atoms with Crippen molar-refractivity contribution in [2.24, 2.45) is 5.92 Å². The van der Waals surface area contributed by atoms with Crippen LogP contribution in [0, 0.1) is 5.92 Å². The number of anilines is 1. The van der Waals surface area contributed by atoms with Gasteiger partial charge in [-0.05, 0) is 37.0 Å². The number of hydrogen-bond acceptors (Lipinski definition) is 3. The molecule has 0 aliphatic carbocycles. The lowest BCUT2D eigenvalue weighted by molar-refractivity contribution is 0.0697. The molecule has 3 N–H and O–H groups in total. The lowest BCUT2D eigenvalue weighted by Crippen LogP contribution is -2.04. The minimum Gasteiger partial charge on any atom is -0.494 e. The van der Waals surface area contributed by atoms with Gasteiger partial charge in [-0.2, -0.15) is 0 Å². The second kappa shape index (κ2) is 6.13. The number of hydrogen-bond donors (Lipinski definition) is 2. The van der Waals surface area contributed by atoms with Crippen LogP contribution >= 0.6 is 0 Å². The van der Waals surface area contributed by atoms with E-state index >= 15 is 0 Å². The number of nitrogens with two attached hydrogens (primary N) is 1. The molecule has 0 atom stereocenters. The van der Waals surface area contributed by atoms with Crippen LogP contribution in [0.3, 0.4) is 0 Å². The van der Waals surface area contributed by atoms with E-state index < -0.39 is 5.97 Å². The number of carboxylic acids is 1. The lowest BCUT2D eigenvalue weighted by Gasteiger charge is -2.09. The van der Waals surface area contributed by atoms with E-state index in [1.165, 1.54) is 6.07 Å². The van der Waals surface area contributed by atoms with Crippen LogP contribution in [-0.2, 0) is 0 Å². The maximum absolute atomic E-state index is 10.9. The highest BCUT2D eigenvalue weighted by molar-refractivity contribution is 5.94. The first-order valence-electron chi connectivity index (χ1n) is 5.76. The van der Waals surface area contributed by atoms with Gasteiger partial charge in [-0.3, -0.25) is 0 Å². The number of benzene rings is 1. The van der Waals surface area contributed by atoms with Crippen molar-refractivity contribution in [3.8, 4) is 5.75 Å². The smallest absolute Gasteiger partial charge is 0.337 e. The quantitative estimate of drug-likeness (QED) is 0.589. The largest absolute Gasteiger partial charge is 0.494 e. The van der Waals surface area contributed by atoms with Crippen molar-refractivity contribution in [2.75, 3.05) is 12.3 Å². The number of nitrogen functional groups attached to an aromatic ring is 1. The Morgan fingerprint density at radius 1 is 1.47 bits per heavy atom. The van der Waals surface area contributed by atoms with E-state index in [0.717, 1.165) is 12.8 Å². The van der Waals surface area contributed by atoms with Crippen molar-refractivity contribution < 1.29 is 14.6 Å². The van der Waals surface area contributed by atoms with E-state index in [2.05, 4.69) is 13.8 Å². The van der Waals surface area contributed by atoms with E-state index in [0.29, 0.717) is 18.3 Å². The predicted molar refractivity (Wildman–Crippen MR) is 67.4 cm³/mol. The van der Waals surface area contributed by atoms with Gasteiger partial charge < -0.3 is 15.6 Å². The average Bonchev–Trinajstić information content (AvgIpc) is 2.25. The summed E-state index contributed by atoms with van der Waals surface area (Å²) >= 11 is 0. The molecule has 0 unspecified atom stereocenters. The Morgan fingerprint density at radius 2 is 2.18 bits per heavy atom. The second-order valence-corrected chi connectivity index (χ2v) is 4.44. The fraction of sp³-hybridized carbons (Fsp3) is 0.462. The molecule has 0 heterocycles. The molecule has 0 fully saturated rings. The van der Waals surface area contributed by atoms with Crippen LogP contribution < -0.4 is 10.5 Å². The molecule has 0 saturated carbocycles. The Hall–Kier alpha value is -1.71. The standard InChI is InChI=1S/C13H19NO3/c1-9(2)4-3-7-17-10-5-6-12(14)11(8-10)13(15)16/h5-6,8-9H,3-4,7,14H2,1-2H3,(H,15,16). The highest BCUT2D eigenvalue weighted by Crippen LogP contribution is 2.20. The lowest BCUT2D eigenvalue weighted by atomic mass is 10.1. The number of carboxylic acid groups (broad SMARTS) is 1. The summed E-state index contributed by atoms with van der Waals surface area (Å²) in [7, 11) is 0. The van der Waals surface area contributed by atoms with E-state index in [1.807, 2.05) is 0 Å². The van der Waals surface area contributed by atoms with Crippen LogP contribution in [0.5, 0.6) is 5.75 Å². The van der Waals surface area contributed by atoms with E-state index in [4.69, 9.17) is 15.6 Å². The van der Waals surface area contributed by atoms with Gasteiger partial charge in [0, 0.05) is 5.69 Å². The molecule has 0 amide bonds. The Bertz CT molecular complexity index is 388. The number of aromatic carboxylic acids is 1. The maximum atomic E-state index is 10.9. The third-order valence-electron chi connectivity index (χ3n) is 2.45. The minimum absolute atomic E-state index is 0.0892. The summed E-state index contributed by atoms with van der Waals surface area (Å²) in [6.45, 7) is 4.92. The zero-order valence-electron chi connectivity index (χ0n) is 10.3. The highest BCUT2D eigenvalue weighted by atomic mass is 16.5. The van der Waals surface area contributed by atoms with E-state index in [9.17, 15) is 4.79 Å². The number of ether oxygens (including phenoxy) is 1.